The van der Waals surface area contributed by atoms with Gasteiger partial charge in [-0.25, -0.2) is 9.67 Å². The summed E-state index contributed by atoms with van der Waals surface area (Å²) in [5, 5.41) is 16.3. The van der Waals surface area contributed by atoms with Gasteiger partial charge in [-0.3, -0.25) is 0 Å². The third-order valence-corrected chi connectivity index (χ3v) is 4.90. The summed E-state index contributed by atoms with van der Waals surface area (Å²) in [6.07, 6.45) is 4.09. The van der Waals surface area contributed by atoms with Crippen molar-refractivity contribution in [3.05, 3.63) is 52.0 Å². The zero-order chi connectivity index (χ0) is 18.3. The molecule has 0 unspecified atom stereocenters. The largest absolute Gasteiger partial charge is 0.495 e. The van der Waals surface area contributed by atoms with Crippen molar-refractivity contribution >= 4 is 45.0 Å². The molecule has 0 radical (unpaired) electrons. The van der Waals surface area contributed by atoms with Gasteiger partial charge in [0.25, 0.3) is 0 Å². The quantitative estimate of drug-likeness (QED) is 0.522. The van der Waals surface area contributed by atoms with Crippen molar-refractivity contribution in [3.63, 3.8) is 0 Å². The van der Waals surface area contributed by atoms with Gasteiger partial charge in [-0.05, 0) is 24.6 Å². The lowest BCUT2D eigenvalue weighted by atomic mass is 10.0. The monoisotopic (exact) mass is 387 g/mol. The summed E-state index contributed by atoms with van der Waals surface area (Å²) in [6.45, 7) is 2.76. The molecule has 132 valence electrons. The van der Waals surface area contributed by atoms with Gasteiger partial charge in [0.05, 0.1) is 24.0 Å². The van der Waals surface area contributed by atoms with Crippen LogP contribution in [0.2, 0.25) is 10.2 Å². The molecule has 4 aromatic rings. The van der Waals surface area contributed by atoms with Crippen LogP contribution in [0.5, 0.6) is 5.75 Å². The Morgan fingerprint density at radius 3 is 2.69 bits per heavy atom. The van der Waals surface area contributed by atoms with Gasteiger partial charge in [-0.2, -0.15) is 10.2 Å². The molecule has 26 heavy (non-hydrogen) atoms. The van der Waals surface area contributed by atoms with Crippen molar-refractivity contribution in [2.24, 2.45) is 0 Å². The number of hydrogen-bond donors (Lipinski definition) is 0. The van der Waals surface area contributed by atoms with Crippen LogP contribution >= 0.6 is 23.2 Å². The predicted molar refractivity (Wildman–Crippen MR) is 102 cm³/mol. The maximum atomic E-state index is 6.26. The first kappa shape index (κ1) is 17.0. The van der Waals surface area contributed by atoms with Gasteiger partial charge >= 0.3 is 0 Å². The first-order valence-corrected chi connectivity index (χ1v) is 8.85. The van der Waals surface area contributed by atoms with E-state index in [4.69, 9.17) is 27.9 Å². The Morgan fingerprint density at radius 2 is 1.96 bits per heavy atom. The lowest BCUT2D eigenvalue weighted by molar-refractivity contribution is 0.415. The third-order valence-electron chi connectivity index (χ3n) is 4.32. The summed E-state index contributed by atoms with van der Waals surface area (Å²) >= 11 is 12.5. The van der Waals surface area contributed by atoms with E-state index in [1.54, 1.807) is 19.5 Å². The second-order valence-electron chi connectivity index (χ2n) is 5.83. The van der Waals surface area contributed by atoms with E-state index in [2.05, 4.69) is 20.3 Å². The molecule has 0 atom stereocenters. The van der Waals surface area contributed by atoms with E-state index >= 15 is 0 Å². The van der Waals surface area contributed by atoms with Gasteiger partial charge in [-0.1, -0.05) is 29.3 Å². The Bertz CT molecular complexity index is 1130. The number of fused-ring (bicyclic) bond motifs is 3. The van der Waals surface area contributed by atoms with Crippen LogP contribution < -0.4 is 4.74 Å². The molecule has 0 fully saturated rings. The highest BCUT2D eigenvalue weighted by molar-refractivity contribution is 6.35. The Morgan fingerprint density at radius 1 is 1.12 bits per heavy atom. The van der Waals surface area contributed by atoms with Crippen molar-refractivity contribution in [1.82, 2.24) is 25.0 Å². The molecule has 0 saturated carbocycles. The molecule has 0 amide bonds. The van der Waals surface area contributed by atoms with Crippen molar-refractivity contribution in [1.29, 1.82) is 0 Å². The molecule has 8 heteroatoms. The fourth-order valence-corrected chi connectivity index (χ4v) is 3.53. The van der Waals surface area contributed by atoms with Gasteiger partial charge in [0.1, 0.15) is 5.75 Å². The number of aryl methyl sites for hydroxylation is 1. The highest BCUT2D eigenvalue weighted by Crippen LogP contribution is 2.31. The summed E-state index contributed by atoms with van der Waals surface area (Å²) in [5.74, 6) is 0.637. The highest BCUT2D eigenvalue weighted by Gasteiger charge is 2.16. The van der Waals surface area contributed by atoms with E-state index in [1.807, 2.05) is 29.8 Å². The minimum absolute atomic E-state index is 0.329. The van der Waals surface area contributed by atoms with Gasteiger partial charge in [0.2, 0.25) is 0 Å². The van der Waals surface area contributed by atoms with Crippen molar-refractivity contribution in [3.8, 4) is 5.75 Å². The average Bonchev–Trinajstić information content (AvgIpc) is 3.07. The molecular formula is C18H15Cl2N5O. The number of aromatic nitrogens is 5. The minimum Gasteiger partial charge on any atom is -0.495 e. The number of ether oxygens (including phenoxy) is 1. The number of rotatable bonds is 4. The van der Waals surface area contributed by atoms with E-state index in [0.29, 0.717) is 22.3 Å². The Hall–Kier alpha value is -2.44. The first-order valence-electron chi connectivity index (χ1n) is 8.10. The van der Waals surface area contributed by atoms with E-state index in [-0.39, 0.29) is 0 Å². The number of methoxy groups -OCH3 is 1. The lowest BCUT2D eigenvalue weighted by Gasteiger charge is -2.09. The summed E-state index contributed by atoms with van der Waals surface area (Å²) in [4.78, 5) is 4.50. The molecule has 3 aromatic heterocycles. The van der Waals surface area contributed by atoms with Crippen LogP contribution in [0, 0.1) is 0 Å². The molecule has 1 aromatic carbocycles. The highest BCUT2D eigenvalue weighted by atomic mass is 35.5. The Labute approximate surface area is 159 Å². The second kappa shape index (κ2) is 6.70. The first-order chi connectivity index (χ1) is 12.6. The number of hydrogen-bond acceptors (Lipinski definition) is 5. The maximum absolute atomic E-state index is 6.26. The van der Waals surface area contributed by atoms with Crippen LogP contribution in [0.4, 0.5) is 0 Å². The third kappa shape index (κ3) is 2.75. The zero-order valence-corrected chi connectivity index (χ0v) is 15.7. The van der Waals surface area contributed by atoms with E-state index in [9.17, 15) is 0 Å². The van der Waals surface area contributed by atoms with Crippen molar-refractivity contribution in [2.75, 3.05) is 7.11 Å². The molecule has 0 N–H and O–H groups in total. The van der Waals surface area contributed by atoms with Crippen molar-refractivity contribution < 1.29 is 4.74 Å². The van der Waals surface area contributed by atoms with Gasteiger partial charge in [0, 0.05) is 35.3 Å². The van der Waals surface area contributed by atoms with E-state index < -0.39 is 0 Å². The molecule has 0 bridgehead atoms. The molecule has 3 heterocycles. The number of benzene rings is 1. The zero-order valence-electron chi connectivity index (χ0n) is 14.2. The number of nitrogens with zero attached hydrogens (tertiary/aromatic N) is 5. The fraction of sp³-hybridized carbons (Fsp3) is 0.222. The maximum Gasteiger partial charge on any atom is 0.161 e. The molecule has 0 saturated heterocycles. The molecular weight excluding hydrogens is 373 g/mol. The lowest BCUT2D eigenvalue weighted by Crippen LogP contribution is -2.01. The van der Waals surface area contributed by atoms with Gasteiger partial charge < -0.3 is 4.74 Å². The smallest absolute Gasteiger partial charge is 0.161 e. The molecule has 4 rings (SSSR count). The molecule has 6 nitrogen and oxygen atoms in total. The Balaban J connectivity index is 1.90. The van der Waals surface area contributed by atoms with Crippen LogP contribution in [0.3, 0.4) is 0 Å². The minimum atomic E-state index is 0.329. The molecule has 0 aliphatic carbocycles. The van der Waals surface area contributed by atoms with Crippen molar-refractivity contribution in [2.45, 2.75) is 19.9 Å². The SMILES string of the molecule is CCn1ncc2c3c(Cc4ccc(OC)c(Cl)c4)nnc(Cl)c3cnc21. The van der Waals surface area contributed by atoms with E-state index in [0.717, 1.165) is 39.6 Å². The van der Waals surface area contributed by atoms with Gasteiger partial charge in [0.15, 0.2) is 10.8 Å². The van der Waals surface area contributed by atoms with Crippen LogP contribution in [0.15, 0.2) is 30.6 Å². The van der Waals surface area contributed by atoms with Gasteiger partial charge in [-0.15, -0.1) is 5.10 Å². The standard InChI is InChI=1S/C18H15Cl2N5O/c1-3-25-18-12(9-22-25)16-11(8-21-18)17(20)24-23-14(16)7-10-4-5-15(26-2)13(19)6-10/h4-6,8-9H,3,7H2,1-2H3. The van der Waals surface area contributed by atoms with Crippen LogP contribution in [0.1, 0.15) is 18.2 Å². The Kier molecular flexibility index (Phi) is 4.38. The molecule has 0 aliphatic rings. The summed E-state index contributed by atoms with van der Waals surface area (Å²) in [5.41, 5.74) is 2.60. The molecule has 0 aliphatic heterocycles. The van der Waals surface area contributed by atoms with E-state index in [1.165, 1.54) is 0 Å². The second-order valence-corrected chi connectivity index (χ2v) is 6.59. The summed E-state index contributed by atoms with van der Waals surface area (Å²) in [6, 6.07) is 5.67. The van der Waals surface area contributed by atoms with Crippen LogP contribution in [-0.2, 0) is 13.0 Å². The summed E-state index contributed by atoms with van der Waals surface area (Å²) < 4.78 is 7.06. The fourth-order valence-electron chi connectivity index (χ4n) is 3.07. The number of halogens is 2. The normalized spacial score (nSPS) is 11.4. The topological polar surface area (TPSA) is 65.7 Å². The predicted octanol–water partition coefficient (Wildman–Crippen LogP) is 4.30. The van der Waals surface area contributed by atoms with Crippen LogP contribution in [-0.4, -0.2) is 32.1 Å². The van der Waals surface area contributed by atoms with Crippen LogP contribution in [0.25, 0.3) is 21.8 Å². The molecule has 0 spiro atoms. The average molecular weight is 388 g/mol. The summed E-state index contributed by atoms with van der Waals surface area (Å²) in [7, 11) is 1.59. The number of pyridine rings is 1.